The standard InChI is InChI=1S/C23H15ClO4/c24-17-10-6-9-16(14-17)22(25)28-21-18-11-4-5-12-20(18)27-23(26)19(21)13-15-7-2-1-3-8-15/h1-12,14H,13H2. The summed E-state index contributed by atoms with van der Waals surface area (Å²) in [5, 5.41) is 0.986. The van der Waals surface area contributed by atoms with E-state index in [0.29, 0.717) is 27.1 Å². The zero-order chi connectivity index (χ0) is 19.5. The van der Waals surface area contributed by atoms with Gasteiger partial charge >= 0.3 is 11.6 Å². The topological polar surface area (TPSA) is 56.5 Å². The molecule has 0 saturated heterocycles. The number of esters is 1. The highest BCUT2D eigenvalue weighted by Gasteiger charge is 2.20. The molecule has 4 nitrogen and oxygen atoms in total. The third kappa shape index (κ3) is 3.68. The Hall–Kier alpha value is -3.37. The molecule has 0 spiro atoms. The highest BCUT2D eigenvalue weighted by atomic mass is 35.5. The first-order valence-corrected chi connectivity index (χ1v) is 9.06. The molecule has 0 aliphatic heterocycles. The largest absolute Gasteiger partial charge is 0.422 e. The van der Waals surface area contributed by atoms with Crippen LogP contribution in [0.15, 0.2) is 88.1 Å². The molecule has 0 fully saturated rings. The maximum Gasteiger partial charge on any atom is 0.343 e. The number of carbonyl (C=O) groups excluding carboxylic acids is 1. The summed E-state index contributed by atoms with van der Waals surface area (Å²) in [6, 6.07) is 22.9. The second-order valence-electron chi connectivity index (χ2n) is 6.26. The minimum absolute atomic E-state index is 0.209. The maximum atomic E-state index is 12.7. The van der Waals surface area contributed by atoms with Gasteiger partial charge in [-0.2, -0.15) is 0 Å². The molecule has 3 aromatic carbocycles. The van der Waals surface area contributed by atoms with Gasteiger partial charge < -0.3 is 9.15 Å². The van der Waals surface area contributed by atoms with Crippen LogP contribution in [0.2, 0.25) is 5.02 Å². The second-order valence-corrected chi connectivity index (χ2v) is 6.69. The van der Waals surface area contributed by atoms with Crippen LogP contribution in [-0.4, -0.2) is 5.97 Å². The van der Waals surface area contributed by atoms with Crippen LogP contribution in [0.25, 0.3) is 11.0 Å². The molecule has 0 saturated carbocycles. The van der Waals surface area contributed by atoms with E-state index in [0.717, 1.165) is 5.56 Å². The van der Waals surface area contributed by atoms with Gasteiger partial charge in [0.25, 0.3) is 0 Å². The molecule has 4 rings (SSSR count). The smallest absolute Gasteiger partial charge is 0.343 e. The zero-order valence-corrected chi connectivity index (χ0v) is 15.5. The molecule has 0 aliphatic rings. The molecule has 0 aliphatic carbocycles. The normalized spacial score (nSPS) is 10.8. The van der Waals surface area contributed by atoms with Gasteiger partial charge in [0.15, 0.2) is 5.75 Å². The van der Waals surface area contributed by atoms with Crippen LogP contribution in [0.1, 0.15) is 21.5 Å². The predicted octanol–water partition coefficient (Wildman–Crippen LogP) is 5.26. The van der Waals surface area contributed by atoms with E-state index in [4.69, 9.17) is 20.8 Å². The Morgan fingerprint density at radius 2 is 1.68 bits per heavy atom. The second kappa shape index (κ2) is 7.71. The summed E-state index contributed by atoms with van der Waals surface area (Å²) in [7, 11) is 0. The quantitative estimate of drug-likeness (QED) is 0.352. The number of para-hydroxylation sites is 1. The number of halogens is 1. The van der Waals surface area contributed by atoms with Crippen LogP contribution < -0.4 is 10.4 Å². The SMILES string of the molecule is O=C(Oc1c(Cc2ccccc2)c(=O)oc2ccccc12)c1cccc(Cl)c1. The number of benzene rings is 3. The van der Waals surface area contributed by atoms with E-state index < -0.39 is 11.6 Å². The van der Waals surface area contributed by atoms with Crippen LogP contribution in [0.3, 0.4) is 0 Å². The summed E-state index contributed by atoms with van der Waals surface area (Å²) in [5.41, 5.74) is 1.33. The summed E-state index contributed by atoms with van der Waals surface area (Å²) in [6.45, 7) is 0. The zero-order valence-electron chi connectivity index (χ0n) is 14.7. The van der Waals surface area contributed by atoms with Crippen molar-refractivity contribution in [2.75, 3.05) is 0 Å². The predicted molar refractivity (Wildman–Crippen MR) is 108 cm³/mol. The van der Waals surface area contributed by atoms with E-state index in [-0.39, 0.29) is 12.2 Å². The lowest BCUT2D eigenvalue weighted by molar-refractivity contribution is 0.0735. The van der Waals surface area contributed by atoms with Crippen molar-refractivity contribution < 1.29 is 13.9 Å². The van der Waals surface area contributed by atoms with Gasteiger partial charge in [0.2, 0.25) is 0 Å². The molecular weight excluding hydrogens is 376 g/mol. The first-order chi connectivity index (χ1) is 13.6. The number of hydrogen-bond donors (Lipinski definition) is 0. The molecule has 0 amide bonds. The lowest BCUT2D eigenvalue weighted by Crippen LogP contribution is -2.16. The van der Waals surface area contributed by atoms with Crippen LogP contribution >= 0.6 is 11.6 Å². The molecule has 0 radical (unpaired) electrons. The van der Waals surface area contributed by atoms with E-state index in [1.54, 1.807) is 42.5 Å². The van der Waals surface area contributed by atoms with E-state index in [9.17, 15) is 9.59 Å². The Bertz CT molecular complexity index is 1210. The summed E-state index contributed by atoms with van der Waals surface area (Å²) < 4.78 is 11.1. The Balaban J connectivity index is 1.83. The number of rotatable bonds is 4. The summed E-state index contributed by atoms with van der Waals surface area (Å²) in [5.74, 6) is -0.381. The Labute approximate surface area is 166 Å². The minimum atomic E-state index is -0.590. The molecule has 4 aromatic rings. The molecule has 0 N–H and O–H groups in total. The molecule has 5 heteroatoms. The number of carbonyl (C=O) groups is 1. The molecule has 0 bridgehead atoms. The molecule has 1 aromatic heterocycles. The van der Waals surface area contributed by atoms with Crippen molar-refractivity contribution in [3.05, 3.63) is 111 Å². The monoisotopic (exact) mass is 390 g/mol. The first kappa shape index (κ1) is 18.0. The fourth-order valence-corrected chi connectivity index (χ4v) is 3.19. The molecule has 0 atom stereocenters. The van der Waals surface area contributed by atoms with Crippen LogP contribution in [0.5, 0.6) is 5.75 Å². The van der Waals surface area contributed by atoms with E-state index >= 15 is 0 Å². The van der Waals surface area contributed by atoms with E-state index in [1.165, 1.54) is 6.07 Å². The van der Waals surface area contributed by atoms with Gasteiger partial charge in [-0.25, -0.2) is 9.59 Å². The summed E-state index contributed by atoms with van der Waals surface area (Å²) in [6.07, 6.45) is 0.284. The Morgan fingerprint density at radius 3 is 2.46 bits per heavy atom. The summed E-state index contributed by atoms with van der Waals surface area (Å²) in [4.78, 5) is 25.4. The lowest BCUT2D eigenvalue weighted by Gasteiger charge is -2.12. The third-order valence-corrected chi connectivity index (χ3v) is 4.57. The van der Waals surface area contributed by atoms with Gasteiger partial charge in [-0.05, 0) is 35.9 Å². The van der Waals surface area contributed by atoms with Gasteiger partial charge in [-0.15, -0.1) is 0 Å². The van der Waals surface area contributed by atoms with Crippen LogP contribution in [0, 0.1) is 0 Å². The highest BCUT2D eigenvalue weighted by molar-refractivity contribution is 6.30. The number of fused-ring (bicyclic) bond motifs is 1. The van der Waals surface area contributed by atoms with Crippen molar-refractivity contribution in [1.29, 1.82) is 0 Å². The van der Waals surface area contributed by atoms with Gasteiger partial charge in [0.1, 0.15) is 5.58 Å². The van der Waals surface area contributed by atoms with Crippen LogP contribution in [-0.2, 0) is 6.42 Å². The van der Waals surface area contributed by atoms with Crippen molar-refractivity contribution in [3.8, 4) is 5.75 Å². The fourth-order valence-electron chi connectivity index (χ4n) is 3.00. The number of hydrogen-bond acceptors (Lipinski definition) is 4. The van der Waals surface area contributed by atoms with Gasteiger partial charge in [0.05, 0.1) is 16.5 Å². The minimum Gasteiger partial charge on any atom is -0.422 e. The van der Waals surface area contributed by atoms with Crippen molar-refractivity contribution in [1.82, 2.24) is 0 Å². The maximum absolute atomic E-state index is 12.7. The average molecular weight is 391 g/mol. The lowest BCUT2D eigenvalue weighted by atomic mass is 10.0. The van der Waals surface area contributed by atoms with E-state index in [2.05, 4.69) is 0 Å². The van der Waals surface area contributed by atoms with Gasteiger partial charge in [-0.1, -0.05) is 60.1 Å². The molecule has 0 unspecified atom stereocenters. The van der Waals surface area contributed by atoms with Crippen molar-refractivity contribution in [2.24, 2.45) is 0 Å². The Morgan fingerprint density at radius 1 is 0.929 bits per heavy atom. The fraction of sp³-hybridized carbons (Fsp3) is 0.0435. The third-order valence-electron chi connectivity index (χ3n) is 4.33. The highest BCUT2D eigenvalue weighted by Crippen LogP contribution is 2.30. The van der Waals surface area contributed by atoms with Crippen LogP contribution in [0.4, 0.5) is 0 Å². The van der Waals surface area contributed by atoms with Gasteiger partial charge in [-0.3, -0.25) is 0 Å². The number of ether oxygens (including phenoxy) is 1. The van der Waals surface area contributed by atoms with Crippen molar-refractivity contribution in [2.45, 2.75) is 6.42 Å². The van der Waals surface area contributed by atoms with E-state index in [1.807, 2.05) is 30.3 Å². The van der Waals surface area contributed by atoms with Crippen molar-refractivity contribution >= 4 is 28.5 Å². The summed E-state index contributed by atoms with van der Waals surface area (Å²) >= 11 is 5.98. The molecule has 28 heavy (non-hydrogen) atoms. The molecule has 138 valence electrons. The average Bonchev–Trinajstić information content (AvgIpc) is 2.71. The first-order valence-electron chi connectivity index (χ1n) is 8.68. The molecular formula is C23H15ClO4. The Kier molecular flexibility index (Phi) is 4.96. The van der Waals surface area contributed by atoms with Crippen molar-refractivity contribution in [3.63, 3.8) is 0 Å². The molecule has 1 heterocycles. The van der Waals surface area contributed by atoms with Gasteiger partial charge in [0, 0.05) is 11.4 Å².